The summed E-state index contributed by atoms with van der Waals surface area (Å²) in [5.74, 6) is -0.142. The number of hydrogen-bond donors (Lipinski definition) is 0. The third-order valence-electron chi connectivity index (χ3n) is 1.39. The van der Waals surface area contributed by atoms with Gasteiger partial charge in [0.25, 0.3) is 0 Å². The lowest BCUT2D eigenvalue weighted by molar-refractivity contribution is -0.152. The molecule has 0 saturated carbocycles. The Kier molecular flexibility index (Phi) is 4.54. The number of carbonyl (C=O) groups excluding carboxylic acids is 2. The molecule has 1 atom stereocenters. The molecule has 3 nitrogen and oxygen atoms in total. The second kappa shape index (κ2) is 4.97. The molecule has 0 fully saturated rings. The molecule has 0 aromatic carbocycles. The zero-order chi connectivity index (χ0) is 7.98. The van der Waals surface area contributed by atoms with E-state index in [4.69, 9.17) is 0 Å². The highest BCUT2D eigenvalue weighted by Gasteiger charge is 2.06. The van der Waals surface area contributed by atoms with Crippen LogP contribution in [0.1, 0.15) is 26.7 Å². The van der Waals surface area contributed by atoms with Gasteiger partial charge < -0.3 is 4.74 Å². The van der Waals surface area contributed by atoms with Crippen molar-refractivity contribution in [1.29, 1.82) is 0 Å². The second-order valence-electron chi connectivity index (χ2n) is 2.30. The standard InChI is InChI=1S/C7H12O3/c1-3-6(2)4-7(9)10-5-8/h5-6H,3-4H2,1-2H3. The van der Waals surface area contributed by atoms with Crippen LogP contribution in [0.15, 0.2) is 0 Å². The van der Waals surface area contributed by atoms with Gasteiger partial charge in [-0.3, -0.25) is 9.59 Å². The van der Waals surface area contributed by atoms with Crippen LogP contribution in [0.4, 0.5) is 0 Å². The lowest BCUT2D eigenvalue weighted by Crippen LogP contribution is -2.07. The predicted molar refractivity (Wildman–Crippen MR) is 36.2 cm³/mol. The van der Waals surface area contributed by atoms with Crippen molar-refractivity contribution in [2.24, 2.45) is 5.92 Å². The maximum atomic E-state index is 10.6. The molecule has 0 aromatic rings. The molecule has 0 spiro atoms. The maximum absolute atomic E-state index is 10.6. The molecule has 0 heterocycles. The van der Waals surface area contributed by atoms with Crippen LogP contribution in [-0.4, -0.2) is 12.4 Å². The van der Waals surface area contributed by atoms with Crippen LogP contribution in [0.25, 0.3) is 0 Å². The Bertz CT molecular complexity index is 120. The summed E-state index contributed by atoms with van der Waals surface area (Å²) in [5.41, 5.74) is 0. The fourth-order valence-electron chi connectivity index (χ4n) is 0.531. The fraction of sp³-hybridized carbons (Fsp3) is 0.714. The number of esters is 1. The fourth-order valence-corrected chi connectivity index (χ4v) is 0.531. The quantitative estimate of drug-likeness (QED) is 0.337. The van der Waals surface area contributed by atoms with E-state index in [2.05, 4.69) is 4.74 Å². The zero-order valence-electron chi connectivity index (χ0n) is 6.29. The molecule has 58 valence electrons. The average Bonchev–Trinajstić information content (AvgIpc) is 1.88. The van der Waals surface area contributed by atoms with Gasteiger partial charge in [0.05, 0.1) is 0 Å². The van der Waals surface area contributed by atoms with Gasteiger partial charge in [-0.15, -0.1) is 0 Å². The van der Waals surface area contributed by atoms with Crippen molar-refractivity contribution in [3.8, 4) is 0 Å². The lowest BCUT2D eigenvalue weighted by atomic mass is 10.1. The number of rotatable bonds is 4. The maximum Gasteiger partial charge on any atom is 0.313 e. The Hall–Kier alpha value is -0.860. The van der Waals surface area contributed by atoms with Crippen LogP contribution in [0, 0.1) is 5.92 Å². The van der Waals surface area contributed by atoms with Crippen LogP contribution < -0.4 is 0 Å². The van der Waals surface area contributed by atoms with Gasteiger partial charge in [0.2, 0.25) is 0 Å². The third-order valence-corrected chi connectivity index (χ3v) is 1.39. The minimum atomic E-state index is -0.440. The molecule has 10 heavy (non-hydrogen) atoms. The van der Waals surface area contributed by atoms with Crippen molar-refractivity contribution < 1.29 is 14.3 Å². The number of ether oxygens (including phenoxy) is 1. The van der Waals surface area contributed by atoms with E-state index in [9.17, 15) is 9.59 Å². The summed E-state index contributed by atoms with van der Waals surface area (Å²) in [5, 5.41) is 0. The van der Waals surface area contributed by atoms with Crippen molar-refractivity contribution in [3.05, 3.63) is 0 Å². The molecule has 3 heteroatoms. The molecular formula is C7H12O3. The van der Waals surface area contributed by atoms with Crippen molar-refractivity contribution in [2.75, 3.05) is 0 Å². The molecule has 0 N–H and O–H groups in total. The van der Waals surface area contributed by atoms with Gasteiger partial charge in [0.1, 0.15) is 0 Å². The van der Waals surface area contributed by atoms with Gasteiger partial charge in [-0.25, -0.2) is 0 Å². The average molecular weight is 144 g/mol. The normalized spacial score (nSPS) is 12.2. The topological polar surface area (TPSA) is 43.4 Å². The minimum Gasteiger partial charge on any atom is -0.395 e. The molecule has 0 aliphatic carbocycles. The van der Waals surface area contributed by atoms with Crippen LogP contribution >= 0.6 is 0 Å². The summed E-state index contributed by atoms with van der Waals surface area (Å²) in [6.45, 7) is 4.09. The molecule has 0 amide bonds. The monoisotopic (exact) mass is 144 g/mol. The van der Waals surface area contributed by atoms with Crippen LogP contribution in [-0.2, 0) is 14.3 Å². The molecule has 0 bridgehead atoms. The highest BCUT2D eigenvalue weighted by Crippen LogP contribution is 2.06. The van der Waals surface area contributed by atoms with E-state index in [0.29, 0.717) is 12.3 Å². The molecule has 0 saturated heterocycles. The van der Waals surface area contributed by atoms with E-state index in [1.165, 1.54) is 0 Å². The van der Waals surface area contributed by atoms with Gasteiger partial charge in [-0.05, 0) is 5.92 Å². The van der Waals surface area contributed by atoms with Gasteiger partial charge in [-0.2, -0.15) is 0 Å². The first-order chi connectivity index (χ1) is 4.70. The van der Waals surface area contributed by atoms with E-state index in [0.717, 1.165) is 6.42 Å². The van der Waals surface area contributed by atoms with E-state index < -0.39 is 5.97 Å². The summed E-state index contributed by atoms with van der Waals surface area (Å²) >= 11 is 0. The molecule has 1 unspecified atom stereocenters. The summed E-state index contributed by atoms with van der Waals surface area (Å²) in [6.07, 6.45) is 1.25. The van der Waals surface area contributed by atoms with Gasteiger partial charge >= 0.3 is 12.4 Å². The highest BCUT2D eigenvalue weighted by molar-refractivity contribution is 5.76. The van der Waals surface area contributed by atoms with E-state index >= 15 is 0 Å². The van der Waals surface area contributed by atoms with Crippen molar-refractivity contribution >= 4 is 12.4 Å². The third kappa shape index (κ3) is 4.06. The Morgan fingerprint density at radius 2 is 2.30 bits per heavy atom. The SMILES string of the molecule is CCC(C)CC(=O)OC=O. The second-order valence-corrected chi connectivity index (χ2v) is 2.30. The van der Waals surface area contributed by atoms with E-state index in [1.807, 2.05) is 13.8 Å². The Morgan fingerprint density at radius 3 is 2.70 bits per heavy atom. The molecule has 0 aromatic heterocycles. The van der Waals surface area contributed by atoms with Crippen molar-refractivity contribution in [3.63, 3.8) is 0 Å². The number of hydrogen-bond acceptors (Lipinski definition) is 3. The molecule has 0 aliphatic heterocycles. The smallest absolute Gasteiger partial charge is 0.313 e. The van der Waals surface area contributed by atoms with Crippen LogP contribution in [0.3, 0.4) is 0 Å². The minimum absolute atomic E-state index is 0.171. The first kappa shape index (κ1) is 9.14. The molecule has 0 radical (unpaired) electrons. The first-order valence-electron chi connectivity index (χ1n) is 3.33. The molecule has 0 aliphatic rings. The first-order valence-corrected chi connectivity index (χ1v) is 3.33. The van der Waals surface area contributed by atoms with Crippen LogP contribution in [0.2, 0.25) is 0 Å². The lowest BCUT2D eigenvalue weighted by Gasteiger charge is -2.03. The van der Waals surface area contributed by atoms with Gasteiger partial charge in [0, 0.05) is 6.42 Å². The molecular weight excluding hydrogens is 132 g/mol. The summed E-state index contributed by atoms with van der Waals surface area (Å²) in [6, 6.07) is 0. The van der Waals surface area contributed by atoms with Gasteiger partial charge in [0.15, 0.2) is 0 Å². The Morgan fingerprint density at radius 1 is 1.70 bits per heavy atom. The predicted octanol–water partition coefficient (Wildman–Crippen LogP) is 1.12. The van der Waals surface area contributed by atoms with Crippen molar-refractivity contribution in [2.45, 2.75) is 26.7 Å². The van der Waals surface area contributed by atoms with E-state index in [-0.39, 0.29) is 6.47 Å². The van der Waals surface area contributed by atoms with Gasteiger partial charge in [-0.1, -0.05) is 20.3 Å². The summed E-state index contributed by atoms with van der Waals surface area (Å²) in [7, 11) is 0. The zero-order valence-corrected chi connectivity index (χ0v) is 6.29. The highest BCUT2D eigenvalue weighted by atomic mass is 16.6. The molecule has 0 rings (SSSR count). The summed E-state index contributed by atoms with van der Waals surface area (Å²) < 4.78 is 4.09. The van der Waals surface area contributed by atoms with E-state index in [1.54, 1.807) is 0 Å². The van der Waals surface area contributed by atoms with Crippen molar-refractivity contribution in [1.82, 2.24) is 0 Å². The Balaban J connectivity index is 3.46. The Labute approximate surface area is 60.4 Å². The van der Waals surface area contributed by atoms with Crippen LogP contribution in [0.5, 0.6) is 0 Å². The number of carbonyl (C=O) groups is 2. The largest absolute Gasteiger partial charge is 0.395 e. The summed E-state index contributed by atoms with van der Waals surface area (Å²) in [4.78, 5) is 20.2.